The molecule has 1 saturated carbocycles. The Morgan fingerprint density at radius 1 is 1.22 bits per heavy atom. The molecule has 2 aliphatic rings. The van der Waals surface area contributed by atoms with Gasteiger partial charge >= 0.3 is 0 Å². The van der Waals surface area contributed by atoms with Gasteiger partial charge in [0.05, 0.1) is 6.61 Å². The Balaban J connectivity index is 1.53. The summed E-state index contributed by atoms with van der Waals surface area (Å²) >= 11 is 0. The van der Waals surface area contributed by atoms with Gasteiger partial charge in [-0.3, -0.25) is 9.89 Å². The largest absolute Gasteiger partial charge is 0.383 e. The van der Waals surface area contributed by atoms with Crippen molar-refractivity contribution in [3.8, 4) is 0 Å². The maximum atomic E-state index is 5.65. The Hall–Kier alpha value is -0.850. The van der Waals surface area contributed by atoms with E-state index in [1.165, 1.54) is 32.2 Å². The molecule has 2 rings (SSSR count). The molecule has 0 aromatic carbocycles. The van der Waals surface area contributed by atoms with Crippen LogP contribution in [-0.4, -0.2) is 77.1 Å². The van der Waals surface area contributed by atoms with Gasteiger partial charge in [0.2, 0.25) is 0 Å². The number of hydrogen-bond donors (Lipinski definition) is 2. The molecule has 1 heterocycles. The number of guanidine groups is 1. The second kappa shape index (κ2) is 10.8. The third kappa shape index (κ3) is 7.50. The monoisotopic (exact) mass is 326 g/mol. The van der Waals surface area contributed by atoms with Crippen LogP contribution in [0.15, 0.2) is 4.99 Å². The van der Waals surface area contributed by atoms with Crippen molar-refractivity contribution in [3.05, 3.63) is 0 Å². The molecule has 0 radical (unpaired) electrons. The summed E-state index contributed by atoms with van der Waals surface area (Å²) in [6.07, 6.45) is 6.27. The number of methoxy groups -OCH3 is 1. The Morgan fingerprint density at radius 3 is 2.83 bits per heavy atom. The molecule has 1 saturated heterocycles. The van der Waals surface area contributed by atoms with E-state index in [4.69, 9.17) is 9.47 Å². The van der Waals surface area contributed by atoms with Gasteiger partial charge < -0.3 is 20.1 Å². The van der Waals surface area contributed by atoms with Gasteiger partial charge in [0.15, 0.2) is 5.96 Å². The molecule has 0 spiro atoms. The van der Waals surface area contributed by atoms with Crippen LogP contribution in [0.3, 0.4) is 0 Å². The van der Waals surface area contributed by atoms with E-state index in [1.54, 1.807) is 7.11 Å². The van der Waals surface area contributed by atoms with Gasteiger partial charge in [0.25, 0.3) is 0 Å². The van der Waals surface area contributed by atoms with Crippen molar-refractivity contribution in [2.45, 2.75) is 38.1 Å². The van der Waals surface area contributed by atoms with Crippen LogP contribution in [0, 0.1) is 5.92 Å². The highest BCUT2D eigenvalue weighted by molar-refractivity contribution is 5.79. The smallest absolute Gasteiger partial charge is 0.191 e. The van der Waals surface area contributed by atoms with Crippen molar-refractivity contribution >= 4 is 5.96 Å². The lowest BCUT2D eigenvalue weighted by atomic mass is 10.2. The molecule has 0 amide bonds. The van der Waals surface area contributed by atoms with Crippen LogP contribution in [0.1, 0.15) is 32.1 Å². The minimum atomic E-state index is 0.588. The summed E-state index contributed by atoms with van der Waals surface area (Å²) in [4.78, 5) is 6.81. The zero-order chi connectivity index (χ0) is 16.3. The second-order valence-corrected chi connectivity index (χ2v) is 6.58. The maximum absolute atomic E-state index is 5.65. The summed E-state index contributed by atoms with van der Waals surface area (Å²) in [7, 11) is 3.60. The maximum Gasteiger partial charge on any atom is 0.191 e. The molecule has 0 bridgehead atoms. The van der Waals surface area contributed by atoms with E-state index < -0.39 is 0 Å². The van der Waals surface area contributed by atoms with Crippen LogP contribution in [0.2, 0.25) is 0 Å². The van der Waals surface area contributed by atoms with Crippen molar-refractivity contribution < 1.29 is 9.47 Å². The van der Waals surface area contributed by atoms with Crippen LogP contribution >= 0.6 is 0 Å². The van der Waals surface area contributed by atoms with E-state index in [0.717, 1.165) is 57.8 Å². The summed E-state index contributed by atoms with van der Waals surface area (Å²) in [5.41, 5.74) is 0. The third-order valence-corrected chi connectivity index (χ3v) is 4.62. The minimum absolute atomic E-state index is 0.588. The van der Waals surface area contributed by atoms with Gasteiger partial charge in [-0.05, 0) is 44.6 Å². The molecule has 6 nitrogen and oxygen atoms in total. The van der Waals surface area contributed by atoms with Crippen molar-refractivity contribution in [3.63, 3.8) is 0 Å². The summed E-state index contributed by atoms with van der Waals surface area (Å²) < 4.78 is 10.8. The van der Waals surface area contributed by atoms with Gasteiger partial charge in [0.1, 0.15) is 0 Å². The number of nitrogens with zero attached hydrogens (tertiary/aromatic N) is 2. The summed E-state index contributed by atoms with van der Waals surface area (Å²) in [5.74, 6) is 1.75. The Kier molecular flexibility index (Phi) is 8.71. The number of aliphatic imine (C=N–C) groups is 1. The zero-order valence-electron chi connectivity index (χ0n) is 14.9. The molecule has 1 aliphatic carbocycles. The number of hydrogen-bond acceptors (Lipinski definition) is 4. The minimum Gasteiger partial charge on any atom is -0.383 e. The summed E-state index contributed by atoms with van der Waals surface area (Å²) in [6.45, 7) is 6.65. The lowest BCUT2D eigenvalue weighted by molar-refractivity contribution is 0.123. The highest BCUT2D eigenvalue weighted by Gasteiger charge is 2.24. The molecular weight excluding hydrogens is 292 g/mol. The van der Waals surface area contributed by atoms with Crippen molar-refractivity contribution in [2.24, 2.45) is 10.9 Å². The van der Waals surface area contributed by atoms with Crippen LogP contribution in [-0.2, 0) is 9.47 Å². The van der Waals surface area contributed by atoms with Crippen LogP contribution in [0.25, 0.3) is 0 Å². The first-order valence-electron chi connectivity index (χ1n) is 9.08. The van der Waals surface area contributed by atoms with E-state index in [2.05, 4.69) is 20.5 Å². The van der Waals surface area contributed by atoms with E-state index >= 15 is 0 Å². The molecule has 0 aromatic rings. The standard InChI is InChI=1S/C17H34N4O2/c1-18-17(19-8-4-11-23-14-15-6-7-15)20-13-16-5-3-9-21(16)10-12-22-2/h15-16H,3-14H2,1-2H3,(H2,18,19,20). The molecular formula is C17H34N4O2. The van der Waals surface area contributed by atoms with E-state index in [1.807, 2.05) is 7.05 Å². The SMILES string of the molecule is CN=C(NCCCOCC1CC1)NCC1CCCN1CCOC. The lowest BCUT2D eigenvalue weighted by Crippen LogP contribution is -2.45. The van der Waals surface area contributed by atoms with Crippen molar-refractivity contribution in [2.75, 3.05) is 60.2 Å². The fourth-order valence-electron chi connectivity index (χ4n) is 2.98. The van der Waals surface area contributed by atoms with Gasteiger partial charge in [-0.25, -0.2) is 0 Å². The first kappa shape index (κ1) is 18.5. The van der Waals surface area contributed by atoms with Gasteiger partial charge in [-0.2, -0.15) is 0 Å². The summed E-state index contributed by atoms with van der Waals surface area (Å²) in [5, 5.41) is 6.82. The molecule has 1 unspecified atom stereocenters. The molecule has 6 heteroatoms. The van der Waals surface area contributed by atoms with Gasteiger partial charge in [-0.1, -0.05) is 0 Å². The van der Waals surface area contributed by atoms with Crippen LogP contribution in [0.5, 0.6) is 0 Å². The second-order valence-electron chi connectivity index (χ2n) is 6.58. The topological polar surface area (TPSA) is 58.1 Å². The highest BCUT2D eigenvalue weighted by Crippen LogP contribution is 2.28. The Morgan fingerprint density at radius 2 is 2.09 bits per heavy atom. The Bertz CT molecular complexity index is 347. The van der Waals surface area contributed by atoms with Gasteiger partial charge in [0, 0.05) is 53.0 Å². The number of ether oxygens (including phenoxy) is 2. The third-order valence-electron chi connectivity index (χ3n) is 4.62. The lowest BCUT2D eigenvalue weighted by Gasteiger charge is -2.25. The number of likely N-dealkylation sites (tertiary alicyclic amines) is 1. The first-order valence-corrected chi connectivity index (χ1v) is 9.08. The zero-order valence-corrected chi connectivity index (χ0v) is 14.9. The predicted octanol–water partition coefficient (Wildman–Crippen LogP) is 1.08. The number of nitrogens with one attached hydrogen (secondary N) is 2. The average Bonchev–Trinajstić information content (AvgIpc) is 3.29. The van der Waals surface area contributed by atoms with E-state index in [9.17, 15) is 0 Å². The predicted molar refractivity (Wildman–Crippen MR) is 94.0 cm³/mol. The molecule has 134 valence electrons. The van der Waals surface area contributed by atoms with Crippen molar-refractivity contribution in [1.29, 1.82) is 0 Å². The van der Waals surface area contributed by atoms with E-state index in [-0.39, 0.29) is 0 Å². The molecule has 2 N–H and O–H groups in total. The summed E-state index contributed by atoms with van der Waals surface area (Å²) in [6, 6.07) is 0.588. The average molecular weight is 326 g/mol. The number of rotatable bonds is 11. The molecule has 2 fully saturated rings. The molecule has 1 aliphatic heterocycles. The normalized spacial score (nSPS) is 22.5. The van der Waals surface area contributed by atoms with Crippen molar-refractivity contribution in [1.82, 2.24) is 15.5 Å². The van der Waals surface area contributed by atoms with Gasteiger partial charge in [-0.15, -0.1) is 0 Å². The van der Waals surface area contributed by atoms with E-state index in [0.29, 0.717) is 6.04 Å². The molecule has 1 atom stereocenters. The van der Waals surface area contributed by atoms with Crippen LogP contribution in [0.4, 0.5) is 0 Å². The highest BCUT2D eigenvalue weighted by atomic mass is 16.5. The Labute approximate surface area is 141 Å². The van der Waals surface area contributed by atoms with Crippen LogP contribution < -0.4 is 10.6 Å². The fourth-order valence-corrected chi connectivity index (χ4v) is 2.98. The molecule has 0 aromatic heterocycles. The fraction of sp³-hybridized carbons (Fsp3) is 0.941. The first-order chi connectivity index (χ1) is 11.3. The quantitative estimate of drug-likeness (QED) is 0.338. The molecule has 23 heavy (non-hydrogen) atoms.